The first-order valence-electron chi connectivity index (χ1n) is 4.95. The molecule has 0 fully saturated rings. The minimum Gasteiger partial charge on any atom is -0.376 e. The van der Waals surface area contributed by atoms with Gasteiger partial charge in [0, 0.05) is 6.61 Å². The molecule has 0 N–H and O–H groups in total. The van der Waals surface area contributed by atoms with E-state index in [1.54, 1.807) is 0 Å². The molecule has 0 aromatic carbocycles. The van der Waals surface area contributed by atoms with Crippen LogP contribution < -0.4 is 0 Å². The quantitative estimate of drug-likeness (QED) is 0.631. The van der Waals surface area contributed by atoms with Gasteiger partial charge in [-0.05, 0) is 39.0 Å². The maximum atomic E-state index is 5.69. The fraction of sp³-hybridized carbons (Fsp3) is 1.00. The number of hydrogen-bond donors (Lipinski definition) is 0. The Bertz CT molecular complexity index is 111. The van der Waals surface area contributed by atoms with Crippen molar-refractivity contribution >= 4 is 0 Å². The van der Waals surface area contributed by atoms with E-state index in [1.807, 2.05) is 0 Å². The van der Waals surface area contributed by atoms with Gasteiger partial charge in [0.25, 0.3) is 0 Å². The molecule has 0 aromatic heterocycles. The molecule has 0 unspecified atom stereocenters. The minimum absolute atomic E-state index is 0.0191. The van der Waals surface area contributed by atoms with Crippen molar-refractivity contribution in [3.63, 3.8) is 0 Å². The molecule has 0 radical (unpaired) electrons. The van der Waals surface area contributed by atoms with E-state index >= 15 is 0 Å². The smallest absolute Gasteiger partial charge is 0.0598 e. The first-order valence-corrected chi connectivity index (χ1v) is 4.95. The largest absolute Gasteiger partial charge is 0.376 e. The van der Waals surface area contributed by atoms with Gasteiger partial charge in [-0.2, -0.15) is 0 Å². The van der Waals surface area contributed by atoms with Gasteiger partial charge in [0.1, 0.15) is 0 Å². The topological polar surface area (TPSA) is 9.23 Å². The molecule has 1 nitrogen and oxygen atoms in total. The lowest BCUT2D eigenvalue weighted by Crippen LogP contribution is -2.23. The molecule has 0 amide bonds. The third-order valence-corrected chi connectivity index (χ3v) is 1.67. The Morgan fingerprint density at radius 3 is 1.92 bits per heavy atom. The first-order chi connectivity index (χ1) is 5.31. The number of rotatable bonds is 4. The molecule has 0 bridgehead atoms. The van der Waals surface area contributed by atoms with Crippen LogP contribution in [-0.2, 0) is 4.74 Å². The van der Waals surface area contributed by atoms with E-state index in [0.29, 0.717) is 5.92 Å². The van der Waals surface area contributed by atoms with Crippen LogP contribution in [0.5, 0.6) is 0 Å². The predicted octanol–water partition coefficient (Wildman–Crippen LogP) is 3.48. The summed E-state index contributed by atoms with van der Waals surface area (Å²) >= 11 is 0. The van der Waals surface area contributed by atoms with Crippen LogP contribution in [0.1, 0.15) is 48.0 Å². The lowest BCUT2D eigenvalue weighted by Gasteiger charge is -2.23. The zero-order valence-corrected chi connectivity index (χ0v) is 9.48. The summed E-state index contributed by atoms with van der Waals surface area (Å²) in [6.45, 7) is 14.0. The second-order valence-corrected chi connectivity index (χ2v) is 5.16. The van der Waals surface area contributed by atoms with Crippen molar-refractivity contribution in [1.29, 1.82) is 0 Å². The van der Waals surface area contributed by atoms with Crippen LogP contribution >= 0.6 is 0 Å². The van der Waals surface area contributed by atoms with Crippen LogP contribution in [0, 0.1) is 11.8 Å². The first kappa shape index (κ1) is 12.0. The highest BCUT2D eigenvalue weighted by molar-refractivity contribution is 4.61. The highest BCUT2D eigenvalue weighted by atomic mass is 16.5. The summed E-state index contributed by atoms with van der Waals surface area (Å²) in [5.41, 5.74) is 0.0191. The highest BCUT2D eigenvalue weighted by Crippen LogP contribution is 2.15. The molecule has 1 atom stereocenters. The molecule has 0 spiro atoms. The lowest BCUT2D eigenvalue weighted by atomic mass is 9.99. The van der Waals surface area contributed by atoms with Crippen LogP contribution in [0.2, 0.25) is 0 Å². The molecule has 74 valence electrons. The van der Waals surface area contributed by atoms with Crippen molar-refractivity contribution in [3.05, 3.63) is 0 Å². The van der Waals surface area contributed by atoms with Crippen LogP contribution in [0.3, 0.4) is 0 Å². The van der Waals surface area contributed by atoms with Gasteiger partial charge < -0.3 is 4.74 Å². The van der Waals surface area contributed by atoms with E-state index in [4.69, 9.17) is 4.74 Å². The standard InChI is InChI=1S/C11H24O/c1-9(2)7-10(3)8-12-11(4,5)6/h9-10H,7-8H2,1-6H3/t10-/m1/s1. The Morgan fingerprint density at radius 1 is 1.08 bits per heavy atom. The summed E-state index contributed by atoms with van der Waals surface area (Å²) in [6, 6.07) is 0. The fourth-order valence-corrected chi connectivity index (χ4v) is 1.27. The second kappa shape index (κ2) is 4.86. The average Bonchev–Trinajstić information content (AvgIpc) is 1.80. The molecule has 0 aromatic rings. The van der Waals surface area contributed by atoms with Gasteiger partial charge in [0.05, 0.1) is 5.60 Å². The van der Waals surface area contributed by atoms with E-state index in [2.05, 4.69) is 41.5 Å². The lowest BCUT2D eigenvalue weighted by molar-refractivity contribution is -0.0222. The molecule has 0 saturated carbocycles. The molecule has 0 heterocycles. The zero-order valence-electron chi connectivity index (χ0n) is 9.48. The van der Waals surface area contributed by atoms with Gasteiger partial charge in [0.15, 0.2) is 0 Å². The van der Waals surface area contributed by atoms with Gasteiger partial charge in [0.2, 0.25) is 0 Å². The van der Waals surface area contributed by atoms with E-state index < -0.39 is 0 Å². The normalized spacial score (nSPS) is 15.2. The molecular formula is C11H24O. The third kappa shape index (κ3) is 8.06. The van der Waals surface area contributed by atoms with Gasteiger partial charge >= 0.3 is 0 Å². The van der Waals surface area contributed by atoms with Gasteiger partial charge in [-0.25, -0.2) is 0 Å². The maximum Gasteiger partial charge on any atom is 0.0598 e. The second-order valence-electron chi connectivity index (χ2n) is 5.16. The van der Waals surface area contributed by atoms with Crippen LogP contribution in [0.15, 0.2) is 0 Å². The average molecular weight is 172 g/mol. The van der Waals surface area contributed by atoms with Gasteiger partial charge in [-0.1, -0.05) is 20.8 Å². The van der Waals surface area contributed by atoms with E-state index in [9.17, 15) is 0 Å². The van der Waals surface area contributed by atoms with Crippen molar-refractivity contribution in [1.82, 2.24) is 0 Å². The molecule has 12 heavy (non-hydrogen) atoms. The SMILES string of the molecule is CC(C)C[C@@H](C)COC(C)(C)C. The van der Waals surface area contributed by atoms with Crippen LogP contribution in [0.4, 0.5) is 0 Å². The Kier molecular flexibility index (Phi) is 4.84. The molecule has 1 heteroatoms. The summed E-state index contributed by atoms with van der Waals surface area (Å²) in [4.78, 5) is 0. The van der Waals surface area contributed by atoms with Crippen molar-refractivity contribution in [2.75, 3.05) is 6.61 Å². The summed E-state index contributed by atoms with van der Waals surface area (Å²) in [5, 5.41) is 0. The molecule has 0 aliphatic rings. The van der Waals surface area contributed by atoms with Crippen LogP contribution in [-0.4, -0.2) is 12.2 Å². The number of ether oxygens (including phenoxy) is 1. The Morgan fingerprint density at radius 2 is 1.58 bits per heavy atom. The minimum atomic E-state index is 0.0191. The van der Waals surface area contributed by atoms with Crippen molar-refractivity contribution in [2.45, 2.75) is 53.6 Å². The maximum absolute atomic E-state index is 5.69. The van der Waals surface area contributed by atoms with E-state index in [1.165, 1.54) is 6.42 Å². The summed E-state index contributed by atoms with van der Waals surface area (Å²) in [7, 11) is 0. The Balaban J connectivity index is 3.51. The van der Waals surface area contributed by atoms with E-state index in [-0.39, 0.29) is 5.60 Å². The predicted molar refractivity (Wildman–Crippen MR) is 54.3 cm³/mol. The van der Waals surface area contributed by atoms with Crippen LogP contribution in [0.25, 0.3) is 0 Å². The summed E-state index contributed by atoms with van der Waals surface area (Å²) in [6.07, 6.45) is 1.26. The molecular weight excluding hydrogens is 148 g/mol. The molecule has 0 aliphatic heterocycles. The molecule has 0 saturated heterocycles. The zero-order chi connectivity index (χ0) is 9.78. The monoisotopic (exact) mass is 172 g/mol. The Labute approximate surface area is 77.5 Å². The number of hydrogen-bond acceptors (Lipinski definition) is 1. The summed E-state index contributed by atoms with van der Waals surface area (Å²) < 4.78 is 5.69. The molecule has 0 aliphatic carbocycles. The van der Waals surface area contributed by atoms with Gasteiger partial charge in [-0.3, -0.25) is 0 Å². The van der Waals surface area contributed by atoms with Crippen molar-refractivity contribution in [2.24, 2.45) is 11.8 Å². The third-order valence-electron chi connectivity index (χ3n) is 1.67. The van der Waals surface area contributed by atoms with E-state index in [0.717, 1.165) is 12.5 Å². The van der Waals surface area contributed by atoms with Crippen molar-refractivity contribution in [3.8, 4) is 0 Å². The van der Waals surface area contributed by atoms with Gasteiger partial charge in [-0.15, -0.1) is 0 Å². The molecule has 0 rings (SSSR count). The Hall–Kier alpha value is -0.0400. The summed E-state index contributed by atoms with van der Waals surface area (Å²) in [5.74, 6) is 1.47. The fourth-order valence-electron chi connectivity index (χ4n) is 1.27. The highest BCUT2D eigenvalue weighted by Gasteiger charge is 2.12. The van der Waals surface area contributed by atoms with Crippen molar-refractivity contribution < 1.29 is 4.74 Å².